The Bertz CT molecular complexity index is 590. The van der Waals surface area contributed by atoms with Gasteiger partial charge in [-0.2, -0.15) is 0 Å². The van der Waals surface area contributed by atoms with E-state index in [1.54, 1.807) is 12.1 Å². The van der Waals surface area contributed by atoms with Gasteiger partial charge in [-0.25, -0.2) is 4.98 Å². The van der Waals surface area contributed by atoms with Crippen LogP contribution in [0.2, 0.25) is 0 Å². The van der Waals surface area contributed by atoms with Crippen molar-refractivity contribution in [3.8, 4) is 5.88 Å². The molecule has 0 radical (unpaired) electrons. The minimum atomic E-state index is -1.11. The zero-order chi connectivity index (χ0) is 16.3. The molecule has 1 aliphatic rings. The highest BCUT2D eigenvalue weighted by atomic mass is 16.5. The fourth-order valence-electron chi connectivity index (χ4n) is 2.89. The Kier molecular flexibility index (Phi) is 4.65. The molecule has 22 heavy (non-hydrogen) atoms. The van der Waals surface area contributed by atoms with E-state index in [1.807, 2.05) is 6.92 Å². The van der Waals surface area contributed by atoms with Crippen LogP contribution in [0.5, 0.6) is 5.88 Å². The number of nitrogens with two attached hydrogens (primary N) is 1. The topological polar surface area (TPSA) is 94.8 Å². The number of carbonyl (C=O) groups is 2. The zero-order valence-corrected chi connectivity index (χ0v) is 13.1. The second-order valence-corrected chi connectivity index (χ2v) is 5.40. The van der Waals surface area contributed by atoms with Gasteiger partial charge in [0.05, 0.1) is 13.7 Å². The van der Waals surface area contributed by atoms with Crippen molar-refractivity contribution in [1.82, 2.24) is 9.88 Å². The summed E-state index contributed by atoms with van der Waals surface area (Å²) in [6.45, 7) is 2.34. The van der Waals surface area contributed by atoms with E-state index < -0.39 is 11.4 Å². The molecule has 0 aromatic carbocycles. The summed E-state index contributed by atoms with van der Waals surface area (Å²) < 4.78 is 10.3. The summed E-state index contributed by atoms with van der Waals surface area (Å²) in [6, 6.07) is 3.38. The fraction of sp³-hybridized carbons (Fsp3) is 0.533. The van der Waals surface area contributed by atoms with E-state index in [4.69, 9.17) is 15.2 Å². The first-order chi connectivity index (χ1) is 10.5. The molecule has 1 saturated heterocycles. The Morgan fingerprint density at radius 1 is 1.41 bits per heavy atom. The Morgan fingerprint density at radius 2 is 2.14 bits per heavy atom. The largest absolute Gasteiger partial charge is 0.480 e. The van der Waals surface area contributed by atoms with Crippen molar-refractivity contribution < 1.29 is 19.1 Å². The van der Waals surface area contributed by atoms with Crippen LogP contribution in [0.3, 0.4) is 0 Å². The second kappa shape index (κ2) is 6.31. The van der Waals surface area contributed by atoms with E-state index in [0.29, 0.717) is 24.9 Å². The van der Waals surface area contributed by atoms with E-state index in [2.05, 4.69) is 4.98 Å². The molecule has 1 fully saturated rings. The molecule has 1 aliphatic heterocycles. The first kappa shape index (κ1) is 16.2. The zero-order valence-electron chi connectivity index (χ0n) is 13.1. The van der Waals surface area contributed by atoms with Gasteiger partial charge in [0, 0.05) is 19.3 Å². The Morgan fingerprint density at radius 3 is 2.73 bits per heavy atom. The number of methoxy groups -OCH3 is 2. The lowest BCUT2D eigenvalue weighted by atomic mass is 9.95. The summed E-state index contributed by atoms with van der Waals surface area (Å²) in [5.41, 5.74) is 5.51. The molecule has 2 N–H and O–H groups in total. The summed E-state index contributed by atoms with van der Waals surface area (Å²) in [6.07, 6.45) is 1.18. The van der Waals surface area contributed by atoms with Gasteiger partial charge in [0.25, 0.3) is 5.91 Å². The number of aromatic nitrogens is 1. The Balaban J connectivity index is 2.41. The quantitative estimate of drug-likeness (QED) is 0.855. The van der Waals surface area contributed by atoms with E-state index in [9.17, 15) is 9.59 Å². The highest BCUT2D eigenvalue weighted by Gasteiger charge is 2.49. The van der Waals surface area contributed by atoms with Gasteiger partial charge in [0.15, 0.2) is 0 Å². The summed E-state index contributed by atoms with van der Waals surface area (Å²) in [7, 11) is 2.94. The van der Waals surface area contributed by atoms with E-state index in [0.717, 1.165) is 5.69 Å². The number of likely N-dealkylation sites (tertiary alicyclic amines) is 1. The number of hydrogen-bond acceptors (Lipinski definition) is 5. The van der Waals surface area contributed by atoms with Gasteiger partial charge < -0.3 is 20.1 Å². The average molecular weight is 307 g/mol. The standard InChI is InChI=1S/C15H21N3O4/c1-10-5-6-11(12(17-10)22-3)13(19)18-8-4-7-15(18,9-21-2)14(16)20/h5-6H,4,7-9H2,1-3H3,(H2,16,20). The molecule has 1 unspecified atom stereocenters. The molecule has 7 heteroatoms. The maximum Gasteiger partial charge on any atom is 0.260 e. The van der Waals surface area contributed by atoms with Crippen LogP contribution in [0.25, 0.3) is 0 Å². The molecular formula is C15H21N3O4. The molecule has 2 rings (SSSR count). The minimum Gasteiger partial charge on any atom is -0.480 e. The molecule has 1 aromatic heterocycles. The number of aryl methyl sites for hydroxylation is 1. The van der Waals surface area contributed by atoms with Gasteiger partial charge >= 0.3 is 0 Å². The van der Waals surface area contributed by atoms with Gasteiger partial charge in [-0.15, -0.1) is 0 Å². The summed E-state index contributed by atoms with van der Waals surface area (Å²) in [4.78, 5) is 30.5. The Labute approximate surface area is 129 Å². The molecule has 2 heterocycles. The average Bonchev–Trinajstić information content (AvgIpc) is 2.92. The van der Waals surface area contributed by atoms with Crippen LogP contribution in [0, 0.1) is 6.92 Å². The number of ether oxygens (including phenoxy) is 2. The van der Waals surface area contributed by atoms with Gasteiger partial charge in [-0.1, -0.05) is 0 Å². The van der Waals surface area contributed by atoms with Crippen molar-refractivity contribution in [2.45, 2.75) is 25.3 Å². The maximum absolute atomic E-state index is 12.9. The van der Waals surface area contributed by atoms with Crippen molar-refractivity contribution in [1.29, 1.82) is 0 Å². The number of hydrogen-bond donors (Lipinski definition) is 1. The van der Waals surface area contributed by atoms with Crippen LogP contribution in [0.4, 0.5) is 0 Å². The highest BCUT2D eigenvalue weighted by molar-refractivity contribution is 6.01. The van der Waals surface area contributed by atoms with Crippen LogP contribution in [-0.2, 0) is 9.53 Å². The number of nitrogens with zero attached hydrogens (tertiary/aromatic N) is 2. The van der Waals surface area contributed by atoms with Gasteiger partial charge in [0.1, 0.15) is 11.1 Å². The van der Waals surface area contributed by atoms with Crippen LogP contribution < -0.4 is 10.5 Å². The third-order valence-electron chi connectivity index (χ3n) is 4.00. The van der Waals surface area contributed by atoms with Crippen LogP contribution >= 0.6 is 0 Å². The monoisotopic (exact) mass is 307 g/mol. The van der Waals surface area contributed by atoms with Crippen LogP contribution in [-0.4, -0.2) is 54.6 Å². The summed E-state index contributed by atoms with van der Waals surface area (Å²) in [5.74, 6) is -0.635. The first-order valence-corrected chi connectivity index (χ1v) is 7.08. The van der Waals surface area contributed by atoms with Crippen molar-refractivity contribution in [2.75, 3.05) is 27.4 Å². The molecule has 0 spiro atoms. The predicted octanol–water partition coefficient (Wildman–Crippen LogP) is 0.505. The Hall–Kier alpha value is -2.15. The van der Waals surface area contributed by atoms with E-state index in [1.165, 1.54) is 19.1 Å². The molecule has 2 amide bonds. The molecule has 0 saturated carbocycles. The van der Waals surface area contributed by atoms with Crippen molar-refractivity contribution in [3.63, 3.8) is 0 Å². The SMILES string of the molecule is COCC1(C(N)=O)CCCN1C(=O)c1ccc(C)nc1OC. The fourth-order valence-corrected chi connectivity index (χ4v) is 2.89. The van der Waals surface area contributed by atoms with E-state index >= 15 is 0 Å². The normalized spacial score (nSPS) is 21.0. The van der Waals surface area contributed by atoms with Crippen molar-refractivity contribution in [3.05, 3.63) is 23.4 Å². The lowest BCUT2D eigenvalue weighted by Gasteiger charge is -2.35. The predicted molar refractivity (Wildman–Crippen MR) is 79.6 cm³/mol. The number of pyridine rings is 1. The molecular weight excluding hydrogens is 286 g/mol. The van der Waals surface area contributed by atoms with Gasteiger partial charge in [-0.05, 0) is 31.9 Å². The van der Waals surface area contributed by atoms with Crippen molar-refractivity contribution >= 4 is 11.8 Å². The molecule has 1 atom stereocenters. The van der Waals surface area contributed by atoms with Crippen LogP contribution in [0.1, 0.15) is 28.9 Å². The number of rotatable bonds is 5. The third kappa shape index (κ3) is 2.64. The molecule has 1 aromatic rings. The second-order valence-electron chi connectivity index (χ2n) is 5.40. The molecule has 120 valence electrons. The van der Waals surface area contributed by atoms with E-state index in [-0.39, 0.29) is 18.4 Å². The van der Waals surface area contributed by atoms with Crippen LogP contribution in [0.15, 0.2) is 12.1 Å². The number of amides is 2. The van der Waals surface area contributed by atoms with Crippen molar-refractivity contribution in [2.24, 2.45) is 5.73 Å². The maximum atomic E-state index is 12.9. The summed E-state index contributed by atoms with van der Waals surface area (Å²) in [5, 5.41) is 0. The van der Waals surface area contributed by atoms with Gasteiger partial charge in [0.2, 0.25) is 11.8 Å². The molecule has 0 bridgehead atoms. The number of primary amides is 1. The number of carbonyl (C=O) groups excluding carboxylic acids is 2. The first-order valence-electron chi connectivity index (χ1n) is 7.08. The van der Waals surface area contributed by atoms with Gasteiger partial charge in [-0.3, -0.25) is 9.59 Å². The summed E-state index contributed by atoms with van der Waals surface area (Å²) >= 11 is 0. The molecule has 7 nitrogen and oxygen atoms in total. The lowest BCUT2D eigenvalue weighted by Crippen LogP contribution is -2.58. The minimum absolute atomic E-state index is 0.0790. The third-order valence-corrected chi connectivity index (χ3v) is 4.00. The lowest BCUT2D eigenvalue weighted by molar-refractivity contribution is -0.130. The molecule has 0 aliphatic carbocycles. The smallest absolute Gasteiger partial charge is 0.260 e. The highest BCUT2D eigenvalue weighted by Crippen LogP contribution is 2.32.